The third-order valence-corrected chi connectivity index (χ3v) is 8.35. The van der Waals surface area contributed by atoms with Crippen LogP contribution in [-0.4, -0.2) is 14.3 Å². The van der Waals surface area contributed by atoms with E-state index in [9.17, 15) is 0 Å². The summed E-state index contributed by atoms with van der Waals surface area (Å²) < 4.78 is 0. The van der Waals surface area contributed by atoms with Crippen LogP contribution in [-0.2, 0) is 0 Å². The molecule has 0 saturated carbocycles. The summed E-state index contributed by atoms with van der Waals surface area (Å²) in [7, 11) is -1.56. The van der Waals surface area contributed by atoms with Gasteiger partial charge >= 0.3 is 0 Å². The van der Waals surface area contributed by atoms with E-state index >= 15 is 0 Å². The summed E-state index contributed by atoms with van der Waals surface area (Å²) in [6.07, 6.45) is 3.48. The number of hydrogen-bond donors (Lipinski definition) is 1. The minimum atomic E-state index is -1.56. The van der Waals surface area contributed by atoms with Crippen LogP contribution in [0.4, 0.5) is 0 Å². The Hall–Kier alpha value is -2.06. The summed E-state index contributed by atoms with van der Waals surface area (Å²) in [6, 6.07) is 22.3. The van der Waals surface area contributed by atoms with Crippen LogP contribution in [0.2, 0.25) is 0 Å². The first kappa shape index (κ1) is 19.7. The molecule has 0 atom stereocenters. The second kappa shape index (κ2) is 7.51. The predicted molar refractivity (Wildman–Crippen MR) is 121 cm³/mol. The van der Waals surface area contributed by atoms with E-state index in [-0.39, 0.29) is 11.0 Å². The minimum Gasteiger partial charge on any atom is -0.384 e. The average Bonchev–Trinajstić information content (AvgIpc) is 2.99. The van der Waals surface area contributed by atoms with E-state index in [0.29, 0.717) is 0 Å². The molecular formula is C25H33NSi. The third-order valence-electron chi connectivity index (χ3n) is 5.01. The first-order valence-electron chi connectivity index (χ1n) is 9.99. The van der Waals surface area contributed by atoms with Gasteiger partial charge < -0.3 is 5.32 Å². The number of allylic oxidation sites excluding steroid dienone is 3. The van der Waals surface area contributed by atoms with E-state index in [1.54, 1.807) is 5.20 Å². The molecule has 0 amide bonds. The fourth-order valence-corrected chi connectivity index (χ4v) is 7.68. The maximum atomic E-state index is 3.85. The molecule has 0 fully saturated rings. The molecule has 2 aromatic carbocycles. The number of rotatable bonds is 4. The summed E-state index contributed by atoms with van der Waals surface area (Å²) in [4.78, 5) is 0. The van der Waals surface area contributed by atoms with Gasteiger partial charge in [-0.05, 0) is 37.0 Å². The molecule has 2 aromatic rings. The van der Waals surface area contributed by atoms with Crippen molar-refractivity contribution in [2.45, 2.75) is 53.5 Å². The Kier molecular flexibility index (Phi) is 5.48. The highest BCUT2D eigenvalue weighted by Crippen LogP contribution is 2.39. The van der Waals surface area contributed by atoms with Gasteiger partial charge in [-0.25, -0.2) is 0 Å². The fourth-order valence-electron chi connectivity index (χ4n) is 4.01. The molecule has 0 unspecified atom stereocenters. The van der Waals surface area contributed by atoms with Crippen LogP contribution < -0.4 is 15.7 Å². The molecule has 0 bridgehead atoms. The normalized spacial score (nSPS) is 15.3. The van der Waals surface area contributed by atoms with Crippen molar-refractivity contribution >= 4 is 19.2 Å². The van der Waals surface area contributed by atoms with Gasteiger partial charge in [0, 0.05) is 17.7 Å². The maximum absolute atomic E-state index is 3.85. The Labute approximate surface area is 166 Å². The molecule has 0 heterocycles. The Bertz CT molecular complexity index is 794. The highest BCUT2D eigenvalue weighted by atomic mass is 28.3. The fraction of sp³-hybridized carbons (Fsp3) is 0.360. The first-order valence-corrected chi connectivity index (χ1v) is 11.7. The summed E-state index contributed by atoms with van der Waals surface area (Å²) >= 11 is 0. The standard InChI is InChI=1S/C25H33NSi/c1-24(2,3)21-17-18-22(26-25(4,5)6)23(21)27(19-13-9-7-10-14-19)20-15-11-8-12-16-20/h7-17,26-27H,18H2,1-6H3. The van der Waals surface area contributed by atoms with Crippen molar-refractivity contribution in [3.8, 4) is 0 Å². The zero-order valence-corrected chi connectivity index (χ0v) is 18.8. The molecular weight excluding hydrogens is 342 g/mol. The van der Waals surface area contributed by atoms with Crippen molar-refractivity contribution in [1.29, 1.82) is 0 Å². The van der Waals surface area contributed by atoms with E-state index in [0.717, 1.165) is 6.42 Å². The van der Waals surface area contributed by atoms with Crippen molar-refractivity contribution in [3.05, 3.63) is 83.2 Å². The molecule has 142 valence electrons. The minimum absolute atomic E-state index is 0.0636. The Balaban J connectivity index is 2.22. The summed E-state index contributed by atoms with van der Waals surface area (Å²) in [5, 5.41) is 8.42. The smallest absolute Gasteiger partial charge is 0.135 e. The molecule has 27 heavy (non-hydrogen) atoms. The van der Waals surface area contributed by atoms with Crippen LogP contribution >= 0.6 is 0 Å². The zero-order chi connectivity index (χ0) is 19.7. The molecule has 0 radical (unpaired) electrons. The van der Waals surface area contributed by atoms with E-state index in [4.69, 9.17) is 0 Å². The topological polar surface area (TPSA) is 12.0 Å². The van der Waals surface area contributed by atoms with Crippen LogP contribution in [0.1, 0.15) is 48.0 Å². The van der Waals surface area contributed by atoms with Gasteiger partial charge in [0.15, 0.2) is 0 Å². The van der Waals surface area contributed by atoms with E-state index in [1.807, 2.05) is 0 Å². The lowest BCUT2D eigenvalue weighted by atomic mass is 9.87. The van der Waals surface area contributed by atoms with E-state index in [2.05, 4.69) is 114 Å². The summed E-state index contributed by atoms with van der Waals surface area (Å²) in [6.45, 7) is 13.8. The molecule has 0 aliphatic heterocycles. The van der Waals surface area contributed by atoms with Gasteiger partial charge in [-0.3, -0.25) is 0 Å². The molecule has 0 spiro atoms. The molecule has 3 rings (SSSR count). The summed E-state index contributed by atoms with van der Waals surface area (Å²) in [5.41, 5.74) is 3.16. The average molecular weight is 376 g/mol. The van der Waals surface area contributed by atoms with Gasteiger partial charge in [-0.2, -0.15) is 0 Å². The second-order valence-electron chi connectivity index (χ2n) is 9.59. The SMILES string of the molecule is CC(C)(C)NC1=C([SiH](c2ccccc2)c2ccccc2)C(C(C)(C)C)=CC1. The Morgan fingerprint density at radius 3 is 1.63 bits per heavy atom. The van der Waals surface area contributed by atoms with Crippen LogP contribution in [0.3, 0.4) is 0 Å². The lowest BCUT2D eigenvalue weighted by Crippen LogP contribution is -2.47. The first-order chi connectivity index (χ1) is 12.7. The van der Waals surface area contributed by atoms with Crippen molar-refractivity contribution in [3.63, 3.8) is 0 Å². The van der Waals surface area contributed by atoms with Gasteiger partial charge in [0.1, 0.15) is 8.80 Å². The molecule has 1 nitrogen and oxygen atoms in total. The number of benzene rings is 2. The van der Waals surface area contributed by atoms with Gasteiger partial charge in [-0.1, -0.05) is 97.9 Å². The monoisotopic (exact) mass is 375 g/mol. The molecule has 0 aromatic heterocycles. The Morgan fingerprint density at radius 2 is 1.22 bits per heavy atom. The largest absolute Gasteiger partial charge is 0.384 e. The molecule has 0 saturated heterocycles. The van der Waals surface area contributed by atoms with Crippen LogP contribution in [0.15, 0.2) is 83.2 Å². The van der Waals surface area contributed by atoms with Crippen LogP contribution in [0, 0.1) is 5.41 Å². The molecule has 1 N–H and O–H groups in total. The lowest BCUT2D eigenvalue weighted by molar-refractivity contribution is 0.468. The predicted octanol–water partition coefficient (Wildman–Crippen LogP) is 4.59. The van der Waals surface area contributed by atoms with Crippen molar-refractivity contribution in [1.82, 2.24) is 5.32 Å². The zero-order valence-electron chi connectivity index (χ0n) is 17.6. The van der Waals surface area contributed by atoms with Crippen molar-refractivity contribution < 1.29 is 0 Å². The maximum Gasteiger partial charge on any atom is 0.135 e. The van der Waals surface area contributed by atoms with E-state index in [1.165, 1.54) is 21.6 Å². The third kappa shape index (κ3) is 4.62. The molecule has 1 aliphatic carbocycles. The molecule has 1 aliphatic rings. The highest BCUT2D eigenvalue weighted by molar-refractivity contribution is 6.91. The van der Waals surface area contributed by atoms with Gasteiger partial charge in [-0.15, -0.1) is 0 Å². The van der Waals surface area contributed by atoms with Crippen molar-refractivity contribution in [2.24, 2.45) is 5.41 Å². The lowest BCUT2D eigenvalue weighted by Gasteiger charge is -2.32. The van der Waals surface area contributed by atoms with Gasteiger partial charge in [0.2, 0.25) is 0 Å². The second-order valence-corrected chi connectivity index (χ2v) is 12.4. The number of hydrogen-bond acceptors (Lipinski definition) is 1. The quantitative estimate of drug-likeness (QED) is 0.771. The van der Waals surface area contributed by atoms with Crippen LogP contribution in [0.25, 0.3) is 0 Å². The summed E-state index contributed by atoms with van der Waals surface area (Å²) in [5.74, 6) is 0. The van der Waals surface area contributed by atoms with Crippen molar-refractivity contribution in [2.75, 3.05) is 0 Å². The van der Waals surface area contributed by atoms with E-state index < -0.39 is 8.80 Å². The highest BCUT2D eigenvalue weighted by Gasteiger charge is 2.35. The van der Waals surface area contributed by atoms with Gasteiger partial charge in [0.05, 0.1) is 0 Å². The van der Waals surface area contributed by atoms with Crippen LogP contribution in [0.5, 0.6) is 0 Å². The Morgan fingerprint density at radius 1 is 0.741 bits per heavy atom. The number of nitrogens with one attached hydrogen (secondary N) is 1. The van der Waals surface area contributed by atoms with Gasteiger partial charge in [0.25, 0.3) is 0 Å². The molecule has 2 heteroatoms.